The number of thiophene rings is 1. The number of amides is 1. The highest BCUT2D eigenvalue weighted by Gasteiger charge is 2.27. The van der Waals surface area contributed by atoms with Gasteiger partial charge in [0.25, 0.3) is 5.91 Å². The van der Waals surface area contributed by atoms with Crippen molar-refractivity contribution in [2.24, 2.45) is 0 Å². The third-order valence-corrected chi connectivity index (χ3v) is 4.32. The van der Waals surface area contributed by atoms with Crippen LogP contribution in [0, 0.1) is 0 Å². The second-order valence-electron chi connectivity index (χ2n) is 5.25. The summed E-state index contributed by atoms with van der Waals surface area (Å²) in [6.07, 6.45) is 0. The lowest BCUT2D eigenvalue weighted by Gasteiger charge is -2.28. The predicted octanol–water partition coefficient (Wildman–Crippen LogP) is 3.12. The van der Waals surface area contributed by atoms with Crippen molar-refractivity contribution >= 4 is 23.2 Å². The average molecular weight is 319 g/mol. The molecular weight excluding hydrogens is 302 g/mol. The van der Waals surface area contributed by atoms with Gasteiger partial charge in [0.15, 0.2) is 0 Å². The summed E-state index contributed by atoms with van der Waals surface area (Å²) in [6.45, 7) is 3.74. The molecule has 0 saturated heterocycles. The third kappa shape index (κ3) is 3.28. The van der Waals surface area contributed by atoms with Gasteiger partial charge in [0.1, 0.15) is 10.6 Å². The van der Waals surface area contributed by atoms with Gasteiger partial charge in [0.05, 0.1) is 17.5 Å². The quantitative estimate of drug-likeness (QED) is 0.888. The number of carboxylic acid groups (broad SMARTS) is 1. The first-order valence-corrected chi connectivity index (χ1v) is 7.46. The number of nitrogens with one attached hydrogen (secondary N) is 1. The van der Waals surface area contributed by atoms with Gasteiger partial charge in [-0.25, -0.2) is 4.79 Å². The van der Waals surface area contributed by atoms with Gasteiger partial charge in [0, 0.05) is 5.56 Å². The Bertz CT molecular complexity index is 706. The van der Waals surface area contributed by atoms with E-state index in [2.05, 4.69) is 5.32 Å². The molecule has 0 unspecified atom stereocenters. The normalized spacial score (nSPS) is 11.0. The van der Waals surface area contributed by atoms with Gasteiger partial charge in [-0.15, -0.1) is 11.3 Å². The fourth-order valence-corrected chi connectivity index (χ4v) is 2.89. The zero-order valence-corrected chi connectivity index (χ0v) is 13.4. The van der Waals surface area contributed by atoms with Gasteiger partial charge in [-0.05, 0) is 32.0 Å². The second kappa shape index (κ2) is 6.19. The maximum atomic E-state index is 12.3. The predicted molar refractivity (Wildman–Crippen MR) is 84.8 cm³/mol. The van der Waals surface area contributed by atoms with Crippen molar-refractivity contribution in [3.05, 3.63) is 51.7 Å². The molecule has 0 atom stereocenters. The van der Waals surface area contributed by atoms with Gasteiger partial charge in [0.2, 0.25) is 0 Å². The fourth-order valence-electron chi connectivity index (χ4n) is 2.15. The lowest BCUT2D eigenvalue weighted by Crippen LogP contribution is -2.40. The molecule has 0 spiro atoms. The molecule has 5 nitrogen and oxygen atoms in total. The molecule has 0 bridgehead atoms. The number of aromatic carboxylic acids is 1. The standard InChI is InChI=1S/C16H17NO4S/c1-16(2,10-6-4-5-7-11(10)21-3)17-14(18)12-8-9-13(22-12)15(19)20/h4-9H,1-3H3,(H,17,18)(H,19,20). The average Bonchev–Trinajstić information content (AvgIpc) is 2.97. The fraction of sp³-hybridized carbons (Fsp3) is 0.250. The molecule has 1 aromatic carbocycles. The smallest absolute Gasteiger partial charge is 0.345 e. The van der Waals surface area contributed by atoms with Crippen LogP contribution < -0.4 is 10.1 Å². The summed E-state index contributed by atoms with van der Waals surface area (Å²) < 4.78 is 5.33. The lowest BCUT2D eigenvalue weighted by atomic mass is 9.93. The summed E-state index contributed by atoms with van der Waals surface area (Å²) in [6, 6.07) is 10.4. The first kappa shape index (κ1) is 16.0. The largest absolute Gasteiger partial charge is 0.496 e. The van der Waals surface area contributed by atoms with Gasteiger partial charge < -0.3 is 15.2 Å². The highest BCUT2D eigenvalue weighted by molar-refractivity contribution is 7.15. The van der Waals surface area contributed by atoms with Crippen molar-refractivity contribution in [1.82, 2.24) is 5.32 Å². The molecule has 0 aliphatic carbocycles. The molecule has 0 aliphatic rings. The number of ether oxygens (including phenoxy) is 1. The van der Waals surface area contributed by atoms with Crippen molar-refractivity contribution in [3.8, 4) is 5.75 Å². The zero-order valence-electron chi connectivity index (χ0n) is 12.5. The molecule has 0 saturated carbocycles. The topological polar surface area (TPSA) is 75.6 Å². The molecule has 2 aromatic rings. The highest BCUT2D eigenvalue weighted by Crippen LogP contribution is 2.30. The highest BCUT2D eigenvalue weighted by atomic mass is 32.1. The van der Waals surface area contributed by atoms with Crippen LogP contribution in [0.25, 0.3) is 0 Å². The Balaban J connectivity index is 2.23. The number of methoxy groups -OCH3 is 1. The Kier molecular flexibility index (Phi) is 4.51. The molecule has 0 aliphatic heterocycles. The zero-order chi connectivity index (χ0) is 16.3. The Hall–Kier alpha value is -2.34. The third-order valence-electron chi connectivity index (χ3n) is 3.25. The second-order valence-corrected chi connectivity index (χ2v) is 6.33. The number of carboxylic acids is 1. The van der Waals surface area contributed by atoms with Crippen LogP contribution in [0.1, 0.15) is 38.8 Å². The van der Waals surface area contributed by atoms with Crippen molar-refractivity contribution < 1.29 is 19.4 Å². The van der Waals surface area contributed by atoms with Crippen molar-refractivity contribution in [3.63, 3.8) is 0 Å². The molecule has 0 fully saturated rings. The molecule has 1 aromatic heterocycles. The van der Waals surface area contributed by atoms with Crippen LogP contribution in [0.4, 0.5) is 0 Å². The molecule has 0 radical (unpaired) electrons. The number of hydrogen-bond donors (Lipinski definition) is 2. The SMILES string of the molecule is COc1ccccc1C(C)(C)NC(=O)c1ccc(C(=O)O)s1. The van der Waals surface area contributed by atoms with E-state index in [0.717, 1.165) is 16.9 Å². The van der Waals surface area contributed by atoms with E-state index in [-0.39, 0.29) is 10.8 Å². The minimum atomic E-state index is -1.03. The monoisotopic (exact) mass is 319 g/mol. The van der Waals surface area contributed by atoms with Crippen LogP contribution in [-0.2, 0) is 5.54 Å². The van der Waals surface area contributed by atoms with Crippen molar-refractivity contribution in [1.29, 1.82) is 0 Å². The van der Waals surface area contributed by atoms with Crippen LogP contribution in [-0.4, -0.2) is 24.1 Å². The van der Waals surface area contributed by atoms with Gasteiger partial charge >= 0.3 is 5.97 Å². The number of carbonyl (C=O) groups excluding carboxylic acids is 1. The van der Waals surface area contributed by atoms with E-state index in [1.165, 1.54) is 12.1 Å². The minimum absolute atomic E-state index is 0.139. The molecule has 2 N–H and O–H groups in total. The first-order chi connectivity index (χ1) is 10.3. The summed E-state index contributed by atoms with van der Waals surface area (Å²) in [5.41, 5.74) is 0.192. The Labute approximate surface area is 132 Å². The van der Waals surface area contributed by atoms with Crippen LogP contribution in [0.5, 0.6) is 5.75 Å². The Morgan fingerprint density at radius 2 is 1.77 bits per heavy atom. The Morgan fingerprint density at radius 3 is 2.36 bits per heavy atom. The van der Waals surface area contributed by atoms with Crippen molar-refractivity contribution in [2.45, 2.75) is 19.4 Å². The minimum Gasteiger partial charge on any atom is -0.496 e. The van der Waals surface area contributed by atoms with Gasteiger partial charge in [-0.1, -0.05) is 18.2 Å². The first-order valence-electron chi connectivity index (χ1n) is 6.64. The van der Waals surface area contributed by atoms with Gasteiger partial charge in [-0.2, -0.15) is 0 Å². The van der Waals surface area contributed by atoms with Crippen LogP contribution in [0.15, 0.2) is 36.4 Å². The maximum absolute atomic E-state index is 12.3. The molecule has 2 rings (SSSR count). The summed E-state index contributed by atoms with van der Waals surface area (Å²) in [7, 11) is 1.58. The number of rotatable bonds is 5. The van der Waals surface area contributed by atoms with E-state index < -0.39 is 11.5 Å². The molecule has 6 heteroatoms. The van der Waals surface area contributed by atoms with E-state index in [1.807, 2.05) is 38.1 Å². The Morgan fingerprint density at radius 1 is 1.14 bits per heavy atom. The van der Waals surface area contributed by atoms with Crippen LogP contribution in [0.2, 0.25) is 0 Å². The number of para-hydroxylation sites is 1. The van der Waals surface area contributed by atoms with Crippen LogP contribution >= 0.6 is 11.3 Å². The molecule has 1 heterocycles. The van der Waals surface area contributed by atoms with E-state index in [4.69, 9.17) is 9.84 Å². The lowest BCUT2D eigenvalue weighted by molar-refractivity contribution is 0.0702. The van der Waals surface area contributed by atoms with Crippen LogP contribution in [0.3, 0.4) is 0 Å². The summed E-state index contributed by atoms with van der Waals surface area (Å²) >= 11 is 0.952. The summed E-state index contributed by atoms with van der Waals surface area (Å²) in [4.78, 5) is 23.7. The number of hydrogen-bond acceptors (Lipinski definition) is 4. The molecule has 116 valence electrons. The number of carbonyl (C=O) groups is 2. The maximum Gasteiger partial charge on any atom is 0.345 e. The van der Waals surface area contributed by atoms with E-state index >= 15 is 0 Å². The van der Waals surface area contributed by atoms with Crippen molar-refractivity contribution in [2.75, 3.05) is 7.11 Å². The van der Waals surface area contributed by atoms with E-state index in [9.17, 15) is 9.59 Å². The molecule has 22 heavy (non-hydrogen) atoms. The van der Waals surface area contributed by atoms with Gasteiger partial charge in [-0.3, -0.25) is 4.79 Å². The summed E-state index contributed by atoms with van der Waals surface area (Å²) in [5.74, 6) is -0.661. The van der Waals surface area contributed by atoms with E-state index in [1.54, 1.807) is 7.11 Å². The number of benzene rings is 1. The van der Waals surface area contributed by atoms with E-state index in [0.29, 0.717) is 10.6 Å². The summed E-state index contributed by atoms with van der Waals surface area (Å²) in [5, 5.41) is 11.8. The molecule has 1 amide bonds. The molecular formula is C16H17NO4S.